The Morgan fingerprint density at radius 1 is 1.24 bits per heavy atom. The van der Waals surface area contributed by atoms with Crippen molar-refractivity contribution >= 4 is 17.0 Å². The van der Waals surface area contributed by atoms with E-state index < -0.39 is 12.2 Å². The van der Waals surface area contributed by atoms with Crippen LogP contribution in [0.3, 0.4) is 0 Å². The summed E-state index contributed by atoms with van der Waals surface area (Å²) in [6.45, 7) is 3.05. The standard InChI is InChI=1S/C26H31N3O4/c1-32-21-9-10-24-23(14-21)22(11-12-27-24)25(30)17-29-13-5-8-20(16-29)18-33-26(31)28-15-19-6-3-2-4-7-19/h2-4,6-7,9-12,14,20,25,30H,5,8,13,15-18H2,1H3,(H,28,31). The number of aliphatic hydroxyl groups excluding tert-OH is 1. The number of carbonyl (C=O) groups is 1. The van der Waals surface area contributed by atoms with Crippen molar-refractivity contribution in [3.05, 3.63) is 71.9 Å². The van der Waals surface area contributed by atoms with E-state index in [1.165, 1.54) is 0 Å². The van der Waals surface area contributed by atoms with Gasteiger partial charge >= 0.3 is 6.09 Å². The number of pyridine rings is 1. The number of fused-ring (bicyclic) bond motifs is 1. The van der Waals surface area contributed by atoms with Gasteiger partial charge in [-0.05, 0) is 54.8 Å². The number of hydrogen-bond donors (Lipinski definition) is 2. The number of carbonyl (C=O) groups excluding carboxylic acids is 1. The molecule has 174 valence electrons. The summed E-state index contributed by atoms with van der Waals surface area (Å²) in [5.74, 6) is 0.993. The Bertz CT molecular complexity index is 1060. The van der Waals surface area contributed by atoms with E-state index in [1.54, 1.807) is 13.3 Å². The van der Waals surface area contributed by atoms with Crippen LogP contribution in [0.5, 0.6) is 5.75 Å². The molecule has 0 aliphatic carbocycles. The molecular formula is C26H31N3O4. The smallest absolute Gasteiger partial charge is 0.407 e. The lowest BCUT2D eigenvalue weighted by atomic mass is 9.97. The minimum Gasteiger partial charge on any atom is -0.497 e. The van der Waals surface area contributed by atoms with Crippen molar-refractivity contribution in [3.63, 3.8) is 0 Å². The summed E-state index contributed by atoms with van der Waals surface area (Å²) in [5, 5.41) is 14.7. The van der Waals surface area contributed by atoms with E-state index in [-0.39, 0.29) is 5.92 Å². The van der Waals surface area contributed by atoms with Gasteiger partial charge in [0.15, 0.2) is 0 Å². The molecule has 1 aliphatic heterocycles. The summed E-state index contributed by atoms with van der Waals surface area (Å²) in [6.07, 6.45) is 2.71. The fourth-order valence-electron chi connectivity index (χ4n) is 4.37. The third kappa shape index (κ3) is 6.21. The van der Waals surface area contributed by atoms with E-state index >= 15 is 0 Å². The van der Waals surface area contributed by atoms with Crippen LogP contribution in [0.15, 0.2) is 60.8 Å². The van der Waals surface area contributed by atoms with Crippen LogP contribution in [0.2, 0.25) is 0 Å². The molecule has 3 aromatic rings. The van der Waals surface area contributed by atoms with Crippen LogP contribution in [-0.4, -0.2) is 54.4 Å². The Morgan fingerprint density at radius 3 is 2.91 bits per heavy atom. The van der Waals surface area contributed by atoms with Crippen molar-refractivity contribution in [2.24, 2.45) is 5.92 Å². The monoisotopic (exact) mass is 449 g/mol. The highest BCUT2D eigenvalue weighted by Gasteiger charge is 2.24. The largest absolute Gasteiger partial charge is 0.497 e. The molecule has 2 N–H and O–H groups in total. The Hall–Kier alpha value is -3.16. The molecule has 1 amide bonds. The van der Waals surface area contributed by atoms with Crippen LogP contribution in [0, 0.1) is 5.92 Å². The molecule has 1 saturated heterocycles. The first-order valence-electron chi connectivity index (χ1n) is 11.4. The zero-order valence-electron chi connectivity index (χ0n) is 18.9. The average Bonchev–Trinajstić information content (AvgIpc) is 2.86. The lowest BCUT2D eigenvalue weighted by Crippen LogP contribution is -2.40. The van der Waals surface area contributed by atoms with Crippen molar-refractivity contribution in [2.45, 2.75) is 25.5 Å². The van der Waals surface area contributed by atoms with Gasteiger partial charge in [0.2, 0.25) is 0 Å². The number of alkyl carbamates (subject to hydrolysis) is 1. The van der Waals surface area contributed by atoms with Crippen LogP contribution < -0.4 is 10.1 Å². The lowest BCUT2D eigenvalue weighted by molar-refractivity contribution is 0.0590. The van der Waals surface area contributed by atoms with E-state index in [1.807, 2.05) is 54.6 Å². The van der Waals surface area contributed by atoms with Crippen molar-refractivity contribution in [2.75, 3.05) is 33.4 Å². The molecule has 7 heteroatoms. The number of benzene rings is 2. The number of aliphatic hydroxyl groups is 1. The summed E-state index contributed by atoms with van der Waals surface area (Å²) in [7, 11) is 1.63. The molecule has 0 radical (unpaired) electrons. The fourth-order valence-corrected chi connectivity index (χ4v) is 4.37. The Labute approximate surface area is 194 Å². The van der Waals surface area contributed by atoms with Gasteiger partial charge in [0.25, 0.3) is 0 Å². The van der Waals surface area contributed by atoms with E-state index in [2.05, 4.69) is 15.2 Å². The summed E-state index contributed by atoms with van der Waals surface area (Å²) >= 11 is 0. The van der Waals surface area contributed by atoms with E-state index in [9.17, 15) is 9.90 Å². The van der Waals surface area contributed by atoms with Crippen molar-refractivity contribution in [1.82, 2.24) is 15.2 Å². The molecule has 0 spiro atoms. The second kappa shape index (κ2) is 11.1. The second-order valence-electron chi connectivity index (χ2n) is 8.50. The first kappa shape index (κ1) is 23.0. The maximum absolute atomic E-state index is 12.1. The maximum atomic E-state index is 12.1. The first-order chi connectivity index (χ1) is 16.1. The van der Waals surface area contributed by atoms with Gasteiger partial charge in [-0.15, -0.1) is 0 Å². The topological polar surface area (TPSA) is 83.9 Å². The zero-order chi connectivity index (χ0) is 23.0. The summed E-state index contributed by atoms with van der Waals surface area (Å²) in [5.41, 5.74) is 2.71. The van der Waals surface area contributed by atoms with E-state index in [0.29, 0.717) is 19.7 Å². The zero-order valence-corrected chi connectivity index (χ0v) is 18.9. The lowest BCUT2D eigenvalue weighted by Gasteiger charge is -2.33. The summed E-state index contributed by atoms with van der Waals surface area (Å²) < 4.78 is 10.8. The van der Waals surface area contributed by atoms with Gasteiger partial charge in [-0.2, -0.15) is 0 Å². The number of nitrogens with one attached hydrogen (secondary N) is 1. The number of β-amino-alcohol motifs (C(OH)–C–C–N with tert-alkyl or cyclic N) is 1. The molecule has 1 fully saturated rings. The number of aromatic nitrogens is 1. The SMILES string of the molecule is COc1ccc2nccc(C(O)CN3CCCC(COC(=O)NCc4ccccc4)C3)c2c1. The van der Waals surface area contributed by atoms with Gasteiger partial charge in [-0.1, -0.05) is 30.3 Å². The van der Waals surface area contributed by atoms with E-state index in [0.717, 1.165) is 53.7 Å². The first-order valence-corrected chi connectivity index (χ1v) is 11.4. The molecule has 1 aliphatic rings. The molecule has 2 unspecified atom stereocenters. The predicted octanol–water partition coefficient (Wildman–Crippen LogP) is 3.92. The molecule has 2 heterocycles. The van der Waals surface area contributed by atoms with Gasteiger partial charge in [0.1, 0.15) is 5.75 Å². The minimum atomic E-state index is -0.642. The minimum absolute atomic E-state index is 0.253. The van der Waals surface area contributed by atoms with Crippen LogP contribution in [0.4, 0.5) is 4.79 Å². The number of hydrogen-bond acceptors (Lipinski definition) is 6. The molecule has 7 nitrogen and oxygen atoms in total. The normalized spacial score (nSPS) is 17.5. The highest BCUT2D eigenvalue weighted by Crippen LogP contribution is 2.28. The Kier molecular flexibility index (Phi) is 7.75. The predicted molar refractivity (Wildman–Crippen MR) is 127 cm³/mol. The number of ether oxygens (including phenoxy) is 2. The number of likely N-dealkylation sites (tertiary alicyclic amines) is 1. The third-order valence-corrected chi connectivity index (χ3v) is 6.11. The number of piperidine rings is 1. The molecule has 0 saturated carbocycles. The Morgan fingerprint density at radius 2 is 2.09 bits per heavy atom. The van der Waals surface area contributed by atoms with E-state index in [4.69, 9.17) is 9.47 Å². The molecule has 33 heavy (non-hydrogen) atoms. The van der Waals surface area contributed by atoms with Crippen molar-refractivity contribution in [1.29, 1.82) is 0 Å². The second-order valence-corrected chi connectivity index (χ2v) is 8.50. The fraction of sp³-hybridized carbons (Fsp3) is 0.385. The molecule has 2 atom stereocenters. The van der Waals surface area contributed by atoms with Crippen LogP contribution >= 0.6 is 0 Å². The molecule has 2 aromatic carbocycles. The van der Waals surface area contributed by atoms with Gasteiger partial charge in [0, 0.05) is 37.1 Å². The third-order valence-electron chi connectivity index (χ3n) is 6.11. The summed E-state index contributed by atoms with van der Waals surface area (Å²) in [4.78, 5) is 18.7. The van der Waals surface area contributed by atoms with Crippen molar-refractivity contribution in [3.8, 4) is 5.75 Å². The summed E-state index contributed by atoms with van der Waals surface area (Å²) in [6, 6.07) is 17.3. The number of amides is 1. The van der Waals surface area contributed by atoms with Gasteiger partial charge in [-0.25, -0.2) is 4.79 Å². The maximum Gasteiger partial charge on any atom is 0.407 e. The van der Waals surface area contributed by atoms with Gasteiger partial charge in [0.05, 0.1) is 25.3 Å². The number of rotatable bonds is 8. The quantitative estimate of drug-likeness (QED) is 0.542. The van der Waals surface area contributed by atoms with Gasteiger partial charge < -0.3 is 24.8 Å². The molecular weight excluding hydrogens is 418 g/mol. The van der Waals surface area contributed by atoms with Gasteiger partial charge in [-0.3, -0.25) is 4.98 Å². The highest BCUT2D eigenvalue weighted by atomic mass is 16.5. The molecule has 4 rings (SSSR count). The number of nitrogens with zero attached hydrogens (tertiary/aromatic N) is 2. The average molecular weight is 450 g/mol. The van der Waals surface area contributed by atoms with Crippen LogP contribution in [0.1, 0.15) is 30.1 Å². The van der Waals surface area contributed by atoms with Crippen LogP contribution in [0.25, 0.3) is 10.9 Å². The molecule has 0 bridgehead atoms. The van der Waals surface area contributed by atoms with Crippen molar-refractivity contribution < 1.29 is 19.4 Å². The highest BCUT2D eigenvalue weighted by molar-refractivity contribution is 5.83. The molecule has 1 aromatic heterocycles. The number of methoxy groups -OCH3 is 1. The Balaban J connectivity index is 1.29. The van der Waals surface area contributed by atoms with Crippen LogP contribution in [-0.2, 0) is 11.3 Å².